The molecule has 0 spiro atoms. The Morgan fingerprint density at radius 1 is 1.03 bits per heavy atom. The van der Waals surface area contributed by atoms with E-state index in [-0.39, 0.29) is 25.3 Å². The van der Waals surface area contributed by atoms with Crippen molar-refractivity contribution in [1.82, 2.24) is 4.57 Å². The lowest BCUT2D eigenvalue weighted by molar-refractivity contribution is -0.136. The van der Waals surface area contributed by atoms with Crippen LogP contribution >= 0.6 is 0 Å². The number of nitrogens with two attached hydrogens (primary N) is 1. The highest BCUT2D eigenvalue weighted by Crippen LogP contribution is 2.27. The summed E-state index contributed by atoms with van der Waals surface area (Å²) in [5.41, 5.74) is 8.47. The fourth-order valence-electron chi connectivity index (χ4n) is 2.96. The minimum atomic E-state index is -0.518. The topological polar surface area (TPSA) is 92.8 Å². The van der Waals surface area contributed by atoms with Crippen LogP contribution in [0.1, 0.15) is 42.4 Å². The van der Waals surface area contributed by atoms with Gasteiger partial charge in [0.1, 0.15) is 5.75 Å². The number of carbonyl (C=O) groups excluding carboxylic acids is 2. The molecular formula is C22H28N2O5. The third-order valence-corrected chi connectivity index (χ3v) is 4.42. The average molecular weight is 400 g/mol. The number of benzene rings is 1. The van der Waals surface area contributed by atoms with Crippen molar-refractivity contribution >= 4 is 17.5 Å². The summed E-state index contributed by atoms with van der Waals surface area (Å²) in [4.78, 5) is 25.3. The second-order valence-electron chi connectivity index (χ2n) is 6.35. The van der Waals surface area contributed by atoms with Crippen LogP contribution in [0, 0.1) is 0 Å². The Bertz CT molecular complexity index is 881. The van der Waals surface area contributed by atoms with Gasteiger partial charge in [-0.15, -0.1) is 0 Å². The first-order valence-electron chi connectivity index (χ1n) is 9.53. The summed E-state index contributed by atoms with van der Waals surface area (Å²) in [6.45, 7) is 6.27. The highest BCUT2D eigenvalue weighted by molar-refractivity contribution is 6.19. The number of esters is 2. The highest BCUT2D eigenvalue weighted by Gasteiger charge is 2.27. The standard InChI is InChI=1S/C22H28N2O5/c1-5-28-21(25)18-11-12-24(14-16-7-9-17(27-4)10-8-16)20(18)19(15(3)13-23)22(26)29-6-2/h7-12H,5-6,13-14,23H2,1-4H3/b19-15-. The molecule has 0 bridgehead atoms. The van der Waals surface area contributed by atoms with E-state index >= 15 is 0 Å². The van der Waals surface area contributed by atoms with E-state index in [1.54, 1.807) is 40.1 Å². The largest absolute Gasteiger partial charge is 0.497 e. The first-order valence-corrected chi connectivity index (χ1v) is 9.53. The first-order chi connectivity index (χ1) is 14.0. The minimum Gasteiger partial charge on any atom is -0.497 e. The molecule has 1 aromatic heterocycles. The quantitative estimate of drug-likeness (QED) is 0.514. The number of rotatable bonds is 9. The molecule has 0 saturated heterocycles. The van der Waals surface area contributed by atoms with Gasteiger partial charge < -0.3 is 24.5 Å². The zero-order valence-electron chi connectivity index (χ0n) is 17.4. The lowest BCUT2D eigenvalue weighted by Crippen LogP contribution is -2.18. The van der Waals surface area contributed by atoms with Crippen molar-refractivity contribution < 1.29 is 23.8 Å². The summed E-state index contributed by atoms with van der Waals surface area (Å²) in [7, 11) is 1.61. The Labute approximate surface area is 171 Å². The van der Waals surface area contributed by atoms with Crippen LogP contribution in [0.5, 0.6) is 5.75 Å². The van der Waals surface area contributed by atoms with Gasteiger partial charge in [0.25, 0.3) is 0 Å². The van der Waals surface area contributed by atoms with Gasteiger partial charge in [-0.2, -0.15) is 0 Å². The Balaban J connectivity index is 2.59. The molecule has 7 heteroatoms. The number of hydrogen-bond acceptors (Lipinski definition) is 6. The lowest BCUT2D eigenvalue weighted by Gasteiger charge is -2.16. The van der Waals surface area contributed by atoms with Gasteiger partial charge in [0.2, 0.25) is 0 Å². The molecule has 0 amide bonds. The molecule has 1 heterocycles. The second kappa shape index (κ2) is 10.5. The molecule has 0 radical (unpaired) electrons. The molecule has 0 aliphatic carbocycles. The van der Waals surface area contributed by atoms with Crippen molar-refractivity contribution in [1.29, 1.82) is 0 Å². The zero-order chi connectivity index (χ0) is 21.4. The van der Waals surface area contributed by atoms with Crippen molar-refractivity contribution in [3.63, 3.8) is 0 Å². The lowest BCUT2D eigenvalue weighted by atomic mass is 10.0. The van der Waals surface area contributed by atoms with Crippen LogP contribution in [0.4, 0.5) is 0 Å². The van der Waals surface area contributed by atoms with E-state index in [0.717, 1.165) is 11.3 Å². The van der Waals surface area contributed by atoms with E-state index in [0.29, 0.717) is 23.4 Å². The van der Waals surface area contributed by atoms with Crippen molar-refractivity contribution in [2.45, 2.75) is 27.3 Å². The summed E-state index contributed by atoms with van der Waals surface area (Å²) in [5, 5.41) is 0. The van der Waals surface area contributed by atoms with Crippen molar-refractivity contribution in [2.75, 3.05) is 26.9 Å². The normalized spacial score (nSPS) is 11.6. The molecule has 2 N–H and O–H groups in total. The molecular weight excluding hydrogens is 372 g/mol. The van der Waals surface area contributed by atoms with E-state index < -0.39 is 11.9 Å². The molecule has 0 aliphatic heterocycles. The van der Waals surface area contributed by atoms with Crippen LogP contribution in [0.25, 0.3) is 5.57 Å². The minimum absolute atomic E-state index is 0.157. The molecule has 0 aliphatic rings. The van der Waals surface area contributed by atoms with Gasteiger partial charge in [-0.05, 0) is 50.1 Å². The highest BCUT2D eigenvalue weighted by atomic mass is 16.5. The zero-order valence-corrected chi connectivity index (χ0v) is 17.4. The van der Waals surface area contributed by atoms with E-state index in [1.807, 2.05) is 28.8 Å². The van der Waals surface area contributed by atoms with Crippen LogP contribution < -0.4 is 10.5 Å². The van der Waals surface area contributed by atoms with Crippen LogP contribution in [0.2, 0.25) is 0 Å². The average Bonchev–Trinajstić information content (AvgIpc) is 3.12. The van der Waals surface area contributed by atoms with Gasteiger partial charge in [-0.3, -0.25) is 0 Å². The van der Waals surface area contributed by atoms with Crippen LogP contribution in [-0.4, -0.2) is 43.4 Å². The fourth-order valence-corrected chi connectivity index (χ4v) is 2.96. The summed E-state index contributed by atoms with van der Waals surface area (Å²) in [6.07, 6.45) is 1.76. The summed E-state index contributed by atoms with van der Waals surface area (Å²) in [6, 6.07) is 9.22. The van der Waals surface area contributed by atoms with E-state index in [2.05, 4.69) is 0 Å². The Morgan fingerprint density at radius 3 is 2.24 bits per heavy atom. The summed E-state index contributed by atoms with van der Waals surface area (Å²) in [5.74, 6) is -0.266. The Hall–Kier alpha value is -3.06. The predicted octanol–water partition coefficient (Wildman–Crippen LogP) is 3.02. The number of carbonyl (C=O) groups is 2. The third kappa shape index (κ3) is 5.26. The van der Waals surface area contributed by atoms with Gasteiger partial charge in [0.15, 0.2) is 0 Å². The van der Waals surface area contributed by atoms with Crippen LogP contribution in [0.3, 0.4) is 0 Å². The maximum atomic E-state index is 12.7. The number of methoxy groups -OCH3 is 1. The number of aromatic nitrogens is 1. The van der Waals surface area contributed by atoms with Crippen molar-refractivity contribution in [3.05, 3.63) is 58.9 Å². The summed E-state index contributed by atoms with van der Waals surface area (Å²) < 4.78 is 17.5. The van der Waals surface area contributed by atoms with Gasteiger partial charge in [-0.25, -0.2) is 9.59 Å². The monoisotopic (exact) mass is 400 g/mol. The SMILES string of the molecule is CCOC(=O)/C(=C(/C)CN)c1c(C(=O)OCC)ccn1Cc1ccc(OC)cc1. The van der Waals surface area contributed by atoms with Crippen LogP contribution in [0.15, 0.2) is 42.1 Å². The molecule has 2 rings (SSSR count). The molecule has 2 aromatic rings. The van der Waals surface area contributed by atoms with Gasteiger partial charge in [0.05, 0.1) is 37.2 Å². The molecule has 0 fully saturated rings. The maximum Gasteiger partial charge on any atom is 0.340 e. The molecule has 156 valence electrons. The number of nitrogens with zero attached hydrogens (tertiary/aromatic N) is 1. The van der Waals surface area contributed by atoms with Gasteiger partial charge in [-0.1, -0.05) is 12.1 Å². The molecule has 0 saturated carbocycles. The Morgan fingerprint density at radius 2 is 1.69 bits per heavy atom. The molecule has 7 nitrogen and oxygen atoms in total. The number of ether oxygens (including phenoxy) is 3. The van der Waals surface area contributed by atoms with E-state index in [1.165, 1.54) is 0 Å². The Kier molecular flexibility index (Phi) is 8.03. The van der Waals surface area contributed by atoms with E-state index in [4.69, 9.17) is 19.9 Å². The molecule has 29 heavy (non-hydrogen) atoms. The molecule has 0 atom stereocenters. The maximum absolute atomic E-state index is 12.7. The number of hydrogen-bond donors (Lipinski definition) is 1. The van der Waals surface area contributed by atoms with Crippen molar-refractivity contribution in [3.8, 4) is 5.75 Å². The predicted molar refractivity (Wildman–Crippen MR) is 111 cm³/mol. The molecule has 0 unspecified atom stereocenters. The van der Waals surface area contributed by atoms with Crippen LogP contribution in [-0.2, 0) is 20.8 Å². The smallest absolute Gasteiger partial charge is 0.340 e. The van der Waals surface area contributed by atoms with Gasteiger partial charge >= 0.3 is 11.9 Å². The summed E-state index contributed by atoms with van der Waals surface area (Å²) >= 11 is 0. The fraction of sp³-hybridized carbons (Fsp3) is 0.364. The van der Waals surface area contributed by atoms with E-state index in [9.17, 15) is 9.59 Å². The van der Waals surface area contributed by atoms with Gasteiger partial charge in [0, 0.05) is 19.3 Å². The molecule has 1 aromatic carbocycles. The first kappa shape index (κ1) is 22.2. The second-order valence-corrected chi connectivity index (χ2v) is 6.35. The third-order valence-electron chi connectivity index (χ3n) is 4.42. The van der Waals surface area contributed by atoms with Crippen molar-refractivity contribution in [2.24, 2.45) is 5.73 Å².